The topological polar surface area (TPSA) is 307 Å². The fourth-order valence-corrected chi connectivity index (χ4v) is 12.1. The third-order valence-electron chi connectivity index (χ3n) is 17.8. The van der Waals surface area contributed by atoms with E-state index < -0.39 is 124 Å². The summed E-state index contributed by atoms with van der Waals surface area (Å²) in [6.45, 7) is 1.77. The van der Waals surface area contributed by atoms with E-state index in [0.29, 0.717) is 6.42 Å². The lowest BCUT2D eigenvalue weighted by atomic mass is 9.96. The van der Waals surface area contributed by atoms with E-state index in [0.717, 1.165) is 44.9 Å². The molecule has 17 unspecified atom stereocenters. The van der Waals surface area contributed by atoms with E-state index in [2.05, 4.69) is 19.2 Å². The van der Waals surface area contributed by atoms with Gasteiger partial charge in [0.2, 0.25) is 5.91 Å². The van der Waals surface area contributed by atoms with Crippen molar-refractivity contribution in [2.75, 3.05) is 26.4 Å². The van der Waals surface area contributed by atoms with Crippen molar-refractivity contribution in [3.63, 3.8) is 0 Å². The molecule has 508 valence electrons. The average molecular weight is 1230 g/mol. The van der Waals surface area contributed by atoms with Crippen LogP contribution in [0, 0.1) is 0 Å². The van der Waals surface area contributed by atoms with Crippen LogP contribution in [0.25, 0.3) is 0 Å². The first-order chi connectivity index (χ1) is 41.8. The number of nitrogens with one attached hydrogen (secondary N) is 1. The first kappa shape index (κ1) is 78.8. The Morgan fingerprint density at radius 2 is 0.721 bits per heavy atom. The number of carbonyl (C=O) groups is 1. The molecular formula is C67H127NO18. The predicted octanol–water partition coefficient (Wildman–Crippen LogP) is 8.89. The van der Waals surface area contributed by atoms with Crippen molar-refractivity contribution in [3.05, 3.63) is 12.2 Å². The Kier molecular flexibility index (Phi) is 45.9. The first-order valence-electron chi connectivity index (χ1n) is 34.9. The molecule has 19 nitrogen and oxygen atoms in total. The molecule has 0 spiro atoms. The largest absolute Gasteiger partial charge is 0.394 e. The summed E-state index contributed by atoms with van der Waals surface area (Å²) in [5.41, 5.74) is 0. The van der Waals surface area contributed by atoms with Gasteiger partial charge in [0.15, 0.2) is 18.9 Å². The lowest BCUT2D eigenvalue weighted by molar-refractivity contribution is -0.379. The first-order valence-corrected chi connectivity index (χ1v) is 34.9. The normalized spacial score (nSPS) is 28.8. The Balaban J connectivity index is 1.43. The number of aliphatic hydroxyl groups excluding tert-OH is 11. The molecule has 1 amide bonds. The van der Waals surface area contributed by atoms with Gasteiger partial charge in [0.05, 0.1) is 38.6 Å². The molecule has 86 heavy (non-hydrogen) atoms. The Bertz CT molecular complexity index is 1620. The summed E-state index contributed by atoms with van der Waals surface area (Å²) in [6, 6.07) is -0.968. The van der Waals surface area contributed by atoms with E-state index in [4.69, 9.17) is 28.4 Å². The summed E-state index contributed by atoms with van der Waals surface area (Å²) < 4.78 is 34.4. The van der Waals surface area contributed by atoms with Gasteiger partial charge in [-0.3, -0.25) is 4.79 Å². The van der Waals surface area contributed by atoms with Crippen LogP contribution in [-0.2, 0) is 33.2 Å². The fourth-order valence-electron chi connectivity index (χ4n) is 12.1. The number of unbranched alkanes of at least 4 members (excludes halogenated alkanes) is 38. The molecule has 17 atom stereocenters. The van der Waals surface area contributed by atoms with Crippen molar-refractivity contribution in [1.82, 2.24) is 5.32 Å². The van der Waals surface area contributed by atoms with Crippen LogP contribution in [0.5, 0.6) is 0 Å². The van der Waals surface area contributed by atoms with Gasteiger partial charge in [-0.25, -0.2) is 0 Å². The van der Waals surface area contributed by atoms with Crippen molar-refractivity contribution >= 4 is 5.91 Å². The van der Waals surface area contributed by atoms with E-state index in [1.807, 2.05) is 6.08 Å². The summed E-state index contributed by atoms with van der Waals surface area (Å²) in [5, 5.41) is 120. The maximum atomic E-state index is 13.4. The lowest BCUT2D eigenvalue weighted by Crippen LogP contribution is -2.66. The van der Waals surface area contributed by atoms with Crippen LogP contribution >= 0.6 is 0 Å². The smallest absolute Gasteiger partial charge is 0.220 e. The number of allylic oxidation sites excluding steroid dienone is 1. The van der Waals surface area contributed by atoms with E-state index in [-0.39, 0.29) is 18.9 Å². The van der Waals surface area contributed by atoms with Crippen LogP contribution in [0.4, 0.5) is 0 Å². The van der Waals surface area contributed by atoms with E-state index in [9.17, 15) is 61.0 Å². The number of amides is 1. The molecule has 3 fully saturated rings. The lowest BCUT2D eigenvalue weighted by Gasteiger charge is -2.48. The molecule has 0 aromatic carbocycles. The average Bonchev–Trinajstić information content (AvgIpc) is 2.23. The molecule has 0 saturated carbocycles. The number of hydrogen-bond donors (Lipinski definition) is 12. The molecule has 19 heteroatoms. The Morgan fingerprint density at radius 1 is 0.407 bits per heavy atom. The van der Waals surface area contributed by atoms with Gasteiger partial charge in [0.25, 0.3) is 0 Å². The number of rotatable bonds is 54. The van der Waals surface area contributed by atoms with Crippen molar-refractivity contribution in [3.8, 4) is 0 Å². The van der Waals surface area contributed by atoms with Gasteiger partial charge in [-0.1, -0.05) is 264 Å². The standard InChI is InChI=1S/C67H127NO18/c1-3-5-7-9-11-13-15-17-19-21-22-23-24-25-26-27-29-31-33-35-37-39-41-43-45-55(73)68-50(51(72)44-42-40-38-36-34-32-30-28-20-18-16-14-12-10-8-6-4-2)49-81-65-61(79)58(76)63(53(47-70)83-65)86-67-62(80)59(77)64(54(48-71)84-67)85-66-60(78)57(75)56(74)52(46-69)82-66/h42,44,50-54,56-67,69-72,74-80H,3-41,43,45-49H2,1-2H3,(H,68,73)/b44-42+. The highest BCUT2D eigenvalue weighted by Gasteiger charge is 2.53. The Morgan fingerprint density at radius 3 is 1.09 bits per heavy atom. The number of hydrogen-bond acceptors (Lipinski definition) is 18. The molecule has 3 aliphatic heterocycles. The Hall–Kier alpha value is -1.47. The highest BCUT2D eigenvalue weighted by atomic mass is 16.8. The molecule has 0 bridgehead atoms. The molecule has 12 N–H and O–H groups in total. The zero-order valence-corrected chi connectivity index (χ0v) is 53.6. The summed E-state index contributed by atoms with van der Waals surface area (Å²) >= 11 is 0. The van der Waals surface area contributed by atoms with Gasteiger partial charge < -0.3 is 89.9 Å². The molecule has 0 aliphatic carbocycles. The SMILES string of the molecule is CCCCCCCCCCCCCCCCC/C=C/C(O)C(COC1OC(CO)C(OC2OC(CO)C(OC3OC(CO)C(O)C(O)C3O)C(O)C2O)C(O)C1O)NC(=O)CCCCCCCCCCCCCCCCCCCCCCCCCC. The molecule has 3 rings (SSSR count). The summed E-state index contributed by atoms with van der Waals surface area (Å²) in [4.78, 5) is 13.4. The monoisotopic (exact) mass is 1230 g/mol. The molecule has 0 aromatic rings. The second-order valence-electron chi connectivity index (χ2n) is 25.4. The van der Waals surface area contributed by atoms with Crippen LogP contribution in [-0.4, -0.2) is 193 Å². The van der Waals surface area contributed by atoms with Crippen LogP contribution < -0.4 is 5.32 Å². The maximum absolute atomic E-state index is 13.4. The predicted molar refractivity (Wildman–Crippen MR) is 333 cm³/mol. The zero-order chi connectivity index (χ0) is 62.6. The van der Waals surface area contributed by atoms with Crippen LogP contribution in [0.3, 0.4) is 0 Å². The summed E-state index contributed by atoms with van der Waals surface area (Å²) in [7, 11) is 0. The third kappa shape index (κ3) is 32.2. The van der Waals surface area contributed by atoms with Gasteiger partial charge in [-0.05, 0) is 19.3 Å². The van der Waals surface area contributed by atoms with E-state index in [1.54, 1.807) is 6.08 Å². The molecule has 0 radical (unpaired) electrons. The molecule has 3 saturated heterocycles. The van der Waals surface area contributed by atoms with Gasteiger partial charge >= 0.3 is 0 Å². The van der Waals surface area contributed by atoms with Gasteiger partial charge in [0.1, 0.15) is 73.2 Å². The molecule has 3 heterocycles. The quantitative estimate of drug-likeness (QED) is 0.0200. The van der Waals surface area contributed by atoms with Crippen LogP contribution in [0.1, 0.15) is 277 Å². The number of aliphatic hydroxyl groups is 11. The van der Waals surface area contributed by atoms with Gasteiger partial charge in [-0.2, -0.15) is 0 Å². The van der Waals surface area contributed by atoms with E-state index in [1.165, 1.54) is 205 Å². The number of ether oxygens (including phenoxy) is 6. The molecule has 3 aliphatic rings. The highest BCUT2D eigenvalue weighted by Crippen LogP contribution is 2.33. The third-order valence-corrected chi connectivity index (χ3v) is 17.8. The van der Waals surface area contributed by atoms with Crippen molar-refractivity contribution in [2.24, 2.45) is 0 Å². The van der Waals surface area contributed by atoms with Crippen molar-refractivity contribution in [2.45, 2.75) is 381 Å². The minimum atomic E-state index is -1.98. The minimum Gasteiger partial charge on any atom is -0.394 e. The summed E-state index contributed by atoms with van der Waals surface area (Å²) in [6.07, 6.45) is 27.6. The second kappa shape index (κ2) is 50.1. The van der Waals surface area contributed by atoms with Crippen LogP contribution in [0.2, 0.25) is 0 Å². The van der Waals surface area contributed by atoms with Gasteiger partial charge in [-0.15, -0.1) is 0 Å². The number of carbonyl (C=O) groups excluding carboxylic acids is 1. The van der Waals surface area contributed by atoms with Crippen LogP contribution in [0.15, 0.2) is 12.2 Å². The van der Waals surface area contributed by atoms with Crippen molar-refractivity contribution < 1.29 is 89.4 Å². The maximum Gasteiger partial charge on any atom is 0.220 e. The highest BCUT2D eigenvalue weighted by molar-refractivity contribution is 5.76. The molecular weight excluding hydrogens is 1110 g/mol. The fraction of sp³-hybridized carbons (Fsp3) is 0.955. The minimum absolute atomic E-state index is 0.250. The second-order valence-corrected chi connectivity index (χ2v) is 25.4. The van der Waals surface area contributed by atoms with E-state index >= 15 is 0 Å². The summed E-state index contributed by atoms with van der Waals surface area (Å²) in [5.74, 6) is -0.269. The molecule has 0 aromatic heterocycles. The Labute approximate surface area is 518 Å². The van der Waals surface area contributed by atoms with Gasteiger partial charge in [0, 0.05) is 6.42 Å². The zero-order valence-electron chi connectivity index (χ0n) is 53.6. The van der Waals surface area contributed by atoms with Crippen molar-refractivity contribution in [1.29, 1.82) is 0 Å².